The van der Waals surface area contributed by atoms with E-state index in [0.29, 0.717) is 12.6 Å². The van der Waals surface area contributed by atoms with E-state index in [4.69, 9.17) is 0 Å². The number of aliphatic carboxylic acids is 1. The molecule has 1 aliphatic rings. The molecule has 0 aliphatic heterocycles. The van der Waals surface area contributed by atoms with Crippen molar-refractivity contribution < 1.29 is 9.90 Å². The van der Waals surface area contributed by atoms with Gasteiger partial charge in [-0.3, -0.25) is 4.79 Å². The zero-order valence-corrected chi connectivity index (χ0v) is 12.8. The second-order valence-corrected chi connectivity index (χ2v) is 6.50. The molecule has 0 fully saturated rings. The summed E-state index contributed by atoms with van der Waals surface area (Å²) in [5.74, 6) is -0.746. The standard InChI is InChI=1S/C16H26N2O2/c1-4-8-17-14-7-5-6-12-9-18(10-13(12)14)11-16(2,3)15(19)20/h9-10,14,17H,4-8,11H2,1-3H3,(H,19,20). The summed E-state index contributed by atoms with van der Waals surface area (Å²) in [6.45, 7) is 7.30. The maximum atomic E-state index is 11.2. The number of nitrogens with one attached hydrogen (secondary N) is 1. The largest absolute Gasteiger partial charge is 0.481 e. The number of rotatable bonds is 6. The van der Waals surface area contributed by atoms with Gasteiger partial charge in [0.05, 0.1) is 5.41 Å². The minimum atomic E-state index is -0.746. The number of carboxylic acid groups (broad SMARTS) is 1. The van der Waals surface area contributed by atoms with E-state index in [1.807, 2.05) is 0 Å². The van der Waals surface area contributed by atoms with E-state index in [9.17, 15) is 9.90 Å². The van der Waals surface area contributed by atoms with Crippen LogP contribution in [0.3, 0.4) is 0 Å². The molecule has 2 rings (SSSR count). The van der Waals surface area contributed by atoms with Gasteiger partial charge in [0.15, 0.2) is 0 Å². The average Bonchev–Trinajstić information content (AvgIpc) is 2.77. The Balaban J connectivity index is 2.15. The van der Waals surface area contributed by atoms with Crippen LogP contribution in [0.1, 0.15) is 57.2 Å². The van der Waals surface area contributed by atoms with Gasteiger partial charge in [-0.1, -0.05) is 6.92 Å². The highest BCUT2D eigenvalue weighted by atomic mass is 16.4. The summed E-state index contributed by atoms with van der Waals surface area (Å²) in [5.41, 5.74) is 2.02. The van der Waals surface area contributed by atoms with E-state index in [1.165, 1.54) is 24.0 Å². The maximum Gasteiger partial charge on any atom is 0.310 e. The smallest absolute Gasteiger partial charge is 0.310 e. The molecule has 0 saturated carbocycles. The van der Waals surface area contributed by atoms with E-state index in [0.717, 1.165) is 19.4 Å². The molecule has 0 amide bonds. The van der Waals surface area contributed by atoms with Gasteiger partial charge < -0.3 is 15.0 Å². The molecule has 1 aliphatic carbocycles. The van der Waals surface area contributed by atoms with Crippen molar-refractivity contribution in [2.75, 3.05) is 6.54 Å². The highest BCUT2D eigenvalue weighted by Gasteiger charge is 2.29. The third-order valence-corrected chi connectivity index (χ3v) is 4.11. The van der Waals surface area contributed by atoms with Crippen LogP contribution in [-0.2, 0) is 17.8 Å². The van der Waals surface area contributed by atoms with Crippen molar-refractivity contribution in [2.24, 2.45) is 5.41 Å². The Hall–Kier alpha value is -1.29. The number of carbonyl (C=O) groups is 1. The first kappa shape index (κ1) is 15.1. The van der Waals surface area contributed by atoms with E-state index in [2.05, 4.69) is 29.2 Å². The Bertz CT molecular complexity index is 477. The Morgan fingerprint density at radius 3 is 2.90 bits per heavy atom. The number of fused-ring (bicyclic) bond motifs is 1. The summed E-state index contributed by atoms with van der Waals surface area (Å²) in [6, 6.07) is 0.438. The molecule has 112 valence electrons. The van der Waals surface area contributed by atoms with Crippen molar-refractivity contribution >= 4 is 5.97 Å². The van der Waals surface area contributed by atoms with Crippen LogP contribution >= 0.6 is 0 Å². The number of carboxylic acids is 1. The molecule has 4 heteroatoms. The normalized spacial score (nSPS) is 18.9. The number of nitrogens with zero attached hydrogens (tertiary/aromatic N) is 1. The van der Waals surface area contributed by atoms with Gasteiger partial charge >= 0.3 is 5.97 Å². The Kier molecular flexibility index (Phi) is 4.53. The molecule has 20 heavy (non-hydrogen) atoms. The van der Waals surface area contributed by atoms with E-state index in [1.54, 1.807) is 13.8 Å². The number of hydrogen-bond donors (Lipinski definition) is 2. The first-order valence-corrected chi connectivity index (χ1v) is 7.59. The third kappa shape index (κ3) is 3.23. The summed E-state index contributed by atoms with van der Waals surface area (Å²) < 4.78 is 2.06. The first-order chi connectivity index (χ1) is 9.44. The fourth-order valence-electron chi connectivity index (χ4n) is 2.89. The average molecular weight is 278 g/mol. The summed E-state index contributed by atoms with van der Waals surface area (Å²) in [7, 11) is 0. The van der Waals surface area contributed by atoms with E-state index >= 15 is 0 Å². The van der Waals surface area contributed by atoms with Gasteiger partial charge in [0.2, 0.25) is 0 Å². The molecule has 1 heterocycles. The third-order valence-electron chi connectivity index (χ3n) is 4.11. The predicted molar refractivity (Wildman–Crippen MR) is 79.8 cm³/mol. The molecule has 1 aromatic rings. The molecule has 0 spiro atoms. The quantitative estimate of drug-likeness (QED) is 0.841. The fraction of sp³-hybridized carbons (Fsp3) is 0.688. The lowest BCUT2D eigenvalue weighted by Crippen LogP contribution is -2.28. The highest BCUT2D eigenvalue weighted by molar-refractivity contribution is 5.73. The number of aryl methyl sites for hydroxylation is 1. The van der Waals surface area contributed by atoms with Gasteiger partial charge in [0.1, 0.15) is 0 Å². The van der Waals surface area contributed by atoms with Crippen LogP contribution in [0, 0.1) is 5.41 Å². The van der Waals surface area contributed by atoms with Gasteiger partial charge in [-0.2, -0.15) is 0 Å². The first-order valence-electron chi connectivity index (χ1n) is 7.59. The van der Waals surface area contributed by atoms with Crippen molar-refractivity contribution in [1.82, 2.24) is 9.88 Å². The van der Waals surface area contributed by atoms with E-state index in [-0.39, 0.29) is 0 Å². The van der Waals surface area contributed by atoms with Crippen LogP contribution in [0.15, 0.2) is 12.4 Å². The van der Waals surface area contributed by atoms with Crippen molar-refractivity contribution in [3.05, 3.63) is 23.5 Å². The molecule has 1 aromatic heterocycles. The minimum Gasteiger partial charge on any atom is -0.481 e. The second-order valence-electron chi connectivity index (χ2n) is 6.50. The molecule has 0 radical (unpaired) electrons. The van der Waals surface area contributed by atoms with Crippen LogP contribution < -0.4 is 5.32 Å². The molecular weight excluding hydrogens is 252 g/mol. The van der Waals surface area contributed by atoms with Gasteiger partial charge in [-0.25, -0.2) is 0 Å². The van der Waals surface area contributed by atoms with Crippen molar-refractivity contribution in [1.29, 1.82) is 0 Å². The molecule has 0 aromatic carbocycles. The summed E-state index contributed by atoms with van der Waals surface area (Å²) in [6.07, 6.45) is 8.92. The lowest BCUT2D eigenvalue weighted by atomic mass is 9.91. The number of aromatic nitrogens is 1. The second kappa shape index (κ2) is 6.00. The Morgan fingerprint density at radius 2 is 2.25 bits per heavy atom. The lowest BCUT2D eigenvalue weighted by Gasteiger charge is -2.23. The van der Waals surface area contributed by atoms with Gasteiger partial charge in [-0.15, -0.1) is 0 Å². The van der Waals surface area contributed by atoms with Crippen LogP contribution in [-0.4, -0.2) is 22.2 Å². The predicted octanol–water partition coefficient (Wildman–Crippen LogP) is 2.98. The maximum absolute atomic E-state index is 11.2. The molecule has 0 saturated heterocycles. The van der Waals surface area contributed by atoms with Crippen molar-refractivity contribution in [2.45, 2.75) is 59.0 Å². The molecule has 4 nitrogen and oxygen atoms in total. The fourth-order valence-corrected chi connectivity index (χ4v) is 2.89. The zero-order chi connectivity index (χ0) is 14.8. The zero-order valence-electron chi connectivity index (χ0n) is 12.8. The molecule has 1 atom stereocenters. The molecule has 1 unspecified atom stereocenters. The van der Waals surface area contributed by atoms with Crippen LogP contribution in [0.4, 0.5) is 0 Å². The van der Waals surface area contributed by atoms with Gasteiger partial charge in [-0.05, 0) is 57.2 Å². The van der Waals surface area contributed by atoms with Crippen molar-refractivity contribution in [3.63, 3.8) is 0 Å². The highest BCUT2D eigenvalue weighted by Crippen LogP contribution is 2.31. The monoisotopic (exact) mass is 278 g/mol. The summed E-state index contributed by atoms with van der Waals surface area (Å²) in [5, 5.41) is 12.8. The lowest BCUT2D eigenvalue weighted by molar-refractivity contribution is -0.147. The van der Waals surface area contributed by atoms with E-state index < -0.39 is 11.4 Å². The van der Waals surface area contributed by atoms with Crippen LogP contribution in [0.5, 0.6) is 0 Å². The Labute approximate surface area is 121 Å². The van der Waals surface area contributed by atoms with Crippen molar-refractivity contribution in [3.8, 4) is 0 Å². The number of hydrogen-bond acceptors (Lipinski definition) is 2. The topological polar surface area (TPSA) is 54.3 Å². The summed E-state index contributed by atoms with van der Waals surface area (Å²) in [4.78, 5) is 11.2. The summed E-state index contributed by atoms with van der Waals surface area (Å²) >= 11 is 0. The minimum absolute atomic E-state index is 0.438. The van der Waals surface area contributed by atoms with Gasteiger partial charge in [0, 0.05) is 25.0 Å². The Morgan fingerprint density at radius 1 is 1.50 bits per heavy atom. The molecule has 2 N–H and O–H groups in total. The molecular formula is C16H26N2O2. The SMILES string of the molecule is CCCNC1CCCc2cn(CC(C)(C)C(=O)O)cc21. The van der Waals surface area contributed by atoms with Gasteiger partial charge in [0.25, 0.3) is 0 Å². The van der Waals surface area contributed by atoms with Crippen LogP contribution in [0.25, 0.3) is 0 Å². The molecule has 0 bridgehead atoms. The van der Waals surface area contributed by atoms with Crippen LogP contribution in [0.2, 0.25) is 0 Å².